The van der Waals surface area contributed by atoms with Crippen molar-refractivity contribution in [1.29, 1.82) is 5.26 Å². The maximum atomic E-state index is 12.2. The summed E-state index contributed by atoms with van der Waals surface area (Å²) in [5.74, 6) is -1.92. The summed E-state index contributed by atoms with van der Waals surface area (Å²) in [7, 11) is 0. The normalized spacial score (nSPS) is 23.0. The van der Waals surface area contributed by atoms with Crippen LogP contribution in [0.4, 0.5) is 13.2 Å². The number of halogens is 3. The van der Waals surface area contributed by atoms with Gasteiger partial charge in [-0.2, -0.15) is 18.4 Å². The second-order valence-electron chi connectivity index (χ2n) is 3.85. The van der Waals surface area contributed by atoms with Crippen LogP contribution in [0.25, 0.3) is 0 Å². The van der Waals surface area contributed by atoms with Gasteiger partial charge in [0.1, 0.15) is 0 Å². The average molecular weight is 236 g/mol. The van der Waals surface area contributed by atoms with E-state index in [-0.39, 0.29) is 12.6 Å². The van der Waals surface area contributed by atoms with Crippen LogP contribution in [0.5, 0.6) is 0 Å². The van der Waals surface area contributed by atoms with Crippen molar-refractivity contribution in [1.82, 2.24) is 5.32 Å². The summed E-state index contributed by atoms with van der Waals surface area (Å²) in [6.07, 6.45) is -1.57. The van der Waals surface area contributed by atoms with E-state index in [4.69, 9.17) is 10.00 Å². The summed E-state index contributed by atoms with van der Waals surface area (Å²) >= 11 is 0. The Labute approximate surface area is 92.6 Å². The molecule has 2 atom stereocenters. The van der Waals surface area contributed by atoms with Gasteiger partial charge in [0.15, 0.2) is 5.92 Å². The van der Waals surface area contributed by atoms with E-state index in [0.717, 1.165) is 19.4 Å². The molecule has 1 heterocycles. The highest BCUT2D eigenvalue weighted by Crippen LogP contribution is 2.24. The fourth-order valence-electron chi connectivity index (χ4n) is 1.62. The minimum absolute atomic E-state index is 0.166. The highest BCUT2D eigenvalue weighted by Gasteiger charge is 2.39. The van der Waals surface area contributed by atoms with Gasteiger partial charge in [0.05, 0.1) is 12.2 Å². The quantitative estimate of drug-likeness (QED) is 0.741. The predicted octanol–water partition coefficient (Wildman–Crippen LogP) is 1.85. The van der Waals surface area contributed by atoms with Gasteiger partial charge in [0, 0.05) is 13.2 Å². The van der Waals surface area contributed by atoms with E-state index in [9.17, 15) is 13.2 Å². The van der Waals surface area contributed by atoms with Gasteiger partial charge >= 0.3 is 6.18 Å². The van der Waals surface area contributed by atoms with Crippen LogP contribution in [0.2, 0.25) is 0 Å². The second kappa shape index (κ2) is 6.06. The maximum Gasteiger partial charge on any atom is 0.405 e. The Bertz CT molecular complexity index is 243. The van der Waals surface area contributed by atoms with Crippen molar-refractivity contribution in [2.75, 3.05) is 19.7 Å². The molecule has 2 unspecified atom stereocenters. The van der Waals surface area contributed by atoms with Crippen molar-refractivity contribution in [3.63, 3.8) is 0 Å². The lowest BCUT2D eigenvalue weighted by molar-refractivity contribution is -0.157. The third-order valence-corrected chi connectivity index (χ3v) is 2.57. The molecule has 0 aliphatic carbocycles. The van der Waals surface area contributed by atoms with Crippen LogP contribution >= 0.6 is 0 Å². The number of nitrogens with zero attached hydrogens (tertiary/aromatic N) is 1. The standard InChI is InChI=1S/C10H15F3N2O/c11-10(12,13)8(6-14)7-15-4-3-9-2-1-5-16-9/h8-9,15H,1-5,7H2. The number of ether oxygens (including phenoxy) is 1. The smallest absolute Gasteiger partial charge is 0.378 e. The lowest BCUT2D eigenvalue weighted by Crippen LogP contribution is -2.33. The van der Waals surface area contributed by atoms with Crippen molar-refractivity contribution < 1.29 is 17.9 Å². The maximum absolute atomic E-state index is 12.2. The molecule has 0 amide bonds. The minimum Gasteiger partial charge on any atom is -0.378 e. The minimum atomic E-state index is -4.44. The highest BCUT2D eigenvalue weighted by atomic mass is 19.4. The zero-order chi connectivity index (χ0) is 12.0. The molecule has 1 aliphatic heterocycles. The fraction of sp³-hybridized carbons (Fsp3) is 0.900. The number of hydrogen-bond acceptors (Lipinski definition) is 3. The van der Waals surface area contributed by atoms with E-state index in [2.05, 4.69) is 5.32 Å². The summed E-state index contributed by atoms with van der Waals surface area (Å²) in [5, 5.41) is 11.0. The van der Waals surface area contributed by atoms with Crippen molar-refractivity contribution >= 4 is 0 Å². The van der Waals surface area contributed by atoms with E-state index in [0.29, 0.717) is 13.0 Å². The van der Waals surface area contributed by atoms with Gasteiger partial charge in [-0.15, -0.1) is 0 Å². The average Bonchev–Trinajstić information content (AvgIpc) is 2.68. The summed E-state index contributed by atoms with van der Waals surface area (Å²) in [4.78, 5) is 0. The number of nitriles is 1. The first-order chi connectivity index (χ1) is 7.54. The van der Waals surface area contributed by atoms with Gasteiger partial charge in [-0.1, -0.05) is 0 Å². The van der Waals surface area contributed by atoms with Crippen molar-refractivity contribution in [2.24, 2.45) is 5.92 Å². The SMILES string of the molecule is N#CC(CNCCC1CCCO1)C(F)(F)F. The topological polar surface area (TPSA) is 45.0 Å². The Hall–Kier alpha value is -0.800. The lowest BCUT2D eigenvalue weighted by atomic mass is 10.1. The molecule has 1 rings (SSSR count). The molecule has 6 heteroatoms. The monoisotopic (exact) mass is 236 g/mol. The molecular formula is C10H15F3N2O. The van der Waals surface area contributed by atoms with Crippen LogP contribution < -0.4 is 5.32 Å². The van der Waals surface area contributed by atoms with Crippen LogP contribution in [0.3, 0.4) is 0 Å². The summed E-state index contributed by atoms with van der Waals surface area (Å²) < 4.78 is 41.8. The van der Waals surface area contributed by atoms with Crippen molar-refractivity contribution in [2.45, 2.75) is 31.5 Å². The molecular weight excluding hydrogens is 221 g/mol. The molecule has 0 aromatic carbocycles. The van der Waals surface area contributed by atoms with Crippen molar-refractivity contribution in [3.05, 3.63) is 0 Å². The van der Waals surface area contributed by atoms with E-state index in [1.54, 1.807) is 0 Å². The number of rotatable bonds is 5. The largest absolute Gasteiger partial charge is 0.405 e. The first-order valence-electron chi connectivity index (χ1n) is 5.32. The molecule has 0 aromatic rings. The first-order valence-corrected chi connectivity index (χ1v) is 5.32. The highest BCUT2D eigenvalue weighted by molar-refractivity contribution is 4.89. The first kappa shape index (κ1) is 13.3. The molecule has 0 spiro atoms. The third kappa shape index (κ3) is 4.37. The van der Waals surface area contributed by atoms with Gasteiger partial charge in [0.25, 0.3) is 0 Å². The third-order valence-electron chi connectivity index (χ3n) is 2.57. The molecule has 1 fully saturated rings. The molecule has 0 radical (unpaired) electrons. The molecule has 0 aromatic heterocycles. The summed E-state index contributed by atoms with van der Waals surface area (Å²) in [6.45, 7) is 0.861. The Balaban J connectivity index is 2.12. The Morgan fingerprint density at radius 3 is 2.75 bits per heavy atom. The van der Waals surface area contributed by atoms with Gasteiger partial charge in [-0.3, -0.25) is 0 Å². The molecule has 1 saturated heterocycles. The zero-order valence-corrected chi connectivity index (χ0v) is 8.89. The molecule has 1 N–H and O–H groups in total. The Kier molecular flexibility index (Phi) is 5.03. The molecule has 16 heavy (non-hydrogen) atoms. The molecule has 0 bridgehead atoms. The Morgan fingerprint density at radius 2 is 2.25 bits per heavy atom. The number of alkyl halides is 3. The van der Waals surface area contributed by atoms with E-state index in [1.807, 2.05) is 0 Å². The Morgan fingerprint density at radius 1 is 1.50 bits per heavy atom. The second-order valence-corrected chi connectivity index (χ2v) is 3.85. The molecule has 0 saturated carbocycles. The van der Waals surface area contributed by atoms with E-state index in [1.165, 1.54) is 6.07 Å². The van der Waals surface area contributed by atoms with Gasteiger partial charge in [-0.25, -0.2) is 0 Å². The molecule has 92 valence electrons. The van der Waals surface area contributed by atoms with Gasteiger partial charge < -0.3 is 10.1 Å². The fourth-order valence-corrected chi connectivity index (χ4v) is 1.62. The van der Waals surface area contributed by atoms with Crippen LogP contribution in [0.15, 0.2) is 0 Å². The van der Waals surface area contributed by atoms with Gasteiger partial charge in [-0.05, 0) is 25.8 Å². The van der Waals surface area contributed by atoms with E-state index < -0.39 is 12.1 Å². The van der Waals surface area contributed by atoms with Crippen LogP contribution in [-0.2, 0) is 4.74 Å². The van der Waals surface area contributed by atoms with Crippen LogP contribution in [-0.4, -0.2) is 32.0 Å². The predicted molar refractivity (Wildman–Crippen MR) is 51.6 cm³/mol. The van der Waals surface area contributed by atoms with Gasteiger partial charge in [0.2, 0.25) is 0 Å². The van der Waals surface area contributed by atoms with Crippen LogP contribution in [0, 0.1) is 17.2 Å². The zero-order valence-electron chi connectivity index (χ0n) is 8.89. The summed E-state index contributed by atoms with van der Waals surface area (Å²) in [5.41, 5.74) is 0. The number of nitrogens with one attached hydrogen (secondary N) is 1. The number of hydrogen-bond donors (Lipinski definition) is 1. The van der Waals surface area contributed by atoms with E-state index >= 15 is 0 Å². The lowest BCUT2D eigenvalue weighted by Gasteiger charge is -2.15. The molecule has 3 nitrogen and oxygen atoms in total. The van der Waals surface area contributed by atoms with Crippen LogP contribution in [0.1, 0.15) is 19.3 Å². The van der Waals surface area contributed by atoms with Crippen molar-refractivity contribution in [3.8, 4) is 6.07 Å². The summed E-state index contributed by atoms with van der Waals surface area (Å²) in [6, 6.07) is 1.25. The molecule has 1 aliphatic rings.